The van der Waals surface area contributed by atoms with E-state index < -0.39 is 66.8 Å². The van der Waals surface area contributed by atoms with Gasteiger partial charge in [0, 0.05) is 5.56 Å². The van der Waals surface area contributed by atoms with Crippen molar-refractivity contribution in [3.8, 4) is 0 Å². The van der Waals surface area contributed by atoms with Gasteiger partial charge in [0.2, 0.25) is 0 Å². The first-order valence-electron chi connectivity index (χ1n) is 20.2. The lowest BCUT2D eigenvalue weighted by Crippen LogP contribution is -2.66. The van der Waals surface area contributed by atoms with Gasteiger partial charge in [-0.25, -0.2) is 0 Å². The van der Waals surface area contributed by atoms with E-state index in [0.717, 1.165) is 27.8 Å². The molecule has 0 aromatic heterocycles. The zero-order valence-electron chi connectivity index (χ0n) is 33.1. The van der Waals surface area contributed by atoms with E-state index in [4.69, 9.17) is 42.6 Å². The molecule has 3 fully saturated rings. The molecule has 0 spiro atoms. The zero-order chi connectivity index (χ0) is 40.2. The molecule has 59 heavy (non-hydrogen) atoms. The molecule has 0 bridgehead atoms. The third-order valence-electron chi connectivity index (χ3n) is 10.7. The highest BCUT2D eigenvalue weighted by atomic mass is 32.2. The van der Waals surface area contributed by atoms with Crippen LogP contribution in [0, 0.1) is 0 Å². The Labute approximate surface area is 350 Å². The predicted octanol–water partition coefficient (Wildman–Crippen LogP) is 7.63. The fraction of sp³-hybridized carbons (Fsp3) is 0.375. The lowest BCUT2D eigenvalue weighted by atomic mass is 9.96. The predicted molar refractivity (Wildman–Crippen MR) is 223 cm³/mol. The van der Waals surface area contributed by atoms with Gasteiger partial charge in [-0.1, -0.05) is 152 Å². The first kappa shape index (κ1) is 41.8. The number of benzene rings is 5. The molecule has 310 valence electrons. The fourth-order valence-electron chi connectivity index (χ4n) is 7.70. The van der Waals surface area contributed by atoms with Gasteiger partial charge in [0.05, 0.1) is 39.6 Å². The van der Waals surface area contributed by atoms with Gasteiger partial charge in [-0.05, 0) is 28.5 Å². The van der Waals surface area contributed by atoms with Crippen LogP contribution in [0.25, 0.3) is 0 Å². The molecule has 11 atom stereocenters. The number of fused-ring (bicyclic) bond motifs is 1. The first-order chi connectivity index (χ1) is 29.1. The summed E-state index contributed by atoms with van der Waals surface area (Å²) in [4.78, 5) is 0. The SMILES string of the molecule is CS[C@@H]1O[C@H](COCc2ccccc2)[C@@H](O[C@@H]2O[C@@H]3CO[C@@H](c4ccccc4)O[C@H]3[C@H](OCc3ccccc3)[C@H]2O)[C@H](OCc2ccccc2)[C@H]1OCc1ccccc1. The summed E-state index contributed by atoms with van der Waals surface area (Å²) in [5.41, 5.74) is 4.43. The Morgan fingerprint density at radius 1 is 0.559 bits per heavy atom. The van der Waals surface area contributed by atoms with Crippen LogP contribution in [0.2, 0.25) is 0 Å². The van der Waals surface area contributed by atoms with Crippen LogP contribution in [-0.4, -0.2) is 85.1 Å². The standard InChI is InChI=1S/C48H52O10S/c1-59-48-45(53-30-36-23-13-5-14-24-36)44(52-29-35-21-11-4-12-22-35)42(38(56-48)31-50-27-33-17-7-2-8-18-33)58-47-40(49)43(51-28-34-19-9-3-10-20-34)41-39(55-47)32-54-46(57-41)37-25-15-6-16-26-37/h2-26,38-49H,27-32H2,1H3/t38-,39-,40-,41-,42-,43-,44+,45-,46-,47+,48+/m1/s1. The molecule has 3 heterocycles. The highest BCUT2D eigenvalue weighted by molar-refractivity contribution is 7.99. The van der Waals surface area contributed by atoms with Crippen molar-refractivity contribution in [1.82, 2.24) is 0 Å². The largest absolute Gasteiger partial charge is 0.385 e. The Hall–Kier alpha value is -3.95. The number of rotatable bonds is 17. The minimum Gasteiger partial charge on any atom is -0.385 e. The van der Waals surface area contributed by atoms with Crippen LogP contribution in [0.4, 0.5) is 0 Å². The number of ether oxygens (including phenoxy) is 9. The number of thioether (sulfide) groups is 1. The molecule has 0 radical (unpaired) electrons. The molecule has 11 heteroatoms. The zero-order valence-corrected chi connectivity index (χ0v) is 33.9. The normalized spacial score (nSPS) is 29.4. The summed E-state index contributed by atoms with van der Waals surface area (Å²) in [6, 6.07) is 49.6. The minimum absolute atomic E-state index is 0.182. The quantitative estimate of drug-likeness (QED) is 0.100. The number of aliphatic hydroxyl groups excluding tert-OH is 1. The fourth-order valence-corrected chi connectivity index (χ4v) is 8.46. The third kappa shape index (κ3) is 10.9. The molecule has 1 N–H and O–H groups in total. The van der Waals surface area contributed by atoms with Crippen molar-refractivity contribution < 1.29 is 47.7 Å². The topological polar surface area (TPSA) is 103 Å². The maximum atomic E-state index is 12.3. The molecule has 8 rings (SSSR count). The van der Waals surface area contributed by atoms with Gasteiger partial charge in [0.1, 0.15) is 54.3 Å². The molecule has 10 nitrogen and oxygen atoms in total. The van der Waals surface area contributed by atoms with Crippen LogP contribution >= 0.6 is 11.8 Å². The molecule has 0 aliphatic carbocycles. The molecule has 5 aromatic rings. The molecule has 3 saturated heterocycles. The average Bonchev–Trinajstić information content (AvgIpc) is 3.29. The third-order valence-corrected chi connectivity index (χ3v) is 11.6. The first-order valence-corrected chi connectivity index (χ1v) is 21.5. The van der Waals surface area contributed by atoms with Crippen molar-refractivity contribution >= 4 is 11.8 Å². The van der Waals surface area contributed by atoms with Gasteiger partial charge >= 0.3 is 0 Å². The van der Waals surface area contributed by atoms with Crippen molar-refractivity contribution in [3.63, 3.8) is 0 Å². The maximum absolute atomic E-state index is 12.3. The highest BCUT2D eigenvalue weighted by Crippen LogP contribution is 2.39. The van der Waals surface area contributed by atoms with Crippen LogP contribution < -0.4 is 0 Å². The van der Waals surface area contributed by atoms with Gasteiger partial charge < -0.3 is 47.7 Å². The van der Waals surface area contributed by atoms with E-state index >= 15 is 0 Å². The number of aliphatic hydroxyl groups is 1. The second-order valence-corrected chi connectivity index (χ2v) is 15.8. The van der Waals surface area contributed by atoms with Crippen LogP contribution in [-0.2, 0) is 69.1 Å². The molecular weight excluding hydrogens is 769 g/mol. The van der Waals surface area contributed by atoms with Crippen molar-refractivity contribution in [2.75, 3.05) is 19.5 Å². The van der Waals surface area contributed by atoms with Gasteiger partial charge in [-0.2, -0.15) is 0 Å². The van der Waals surface area contributed by atoms with E-state index in [1.54, 1.807) is 11.8 Å². The Morgan fingerprint density at radius 2 is 1.05 bits per heavy atom. The summed E-state index contributed by atoms with van der Waals surface area (Å²) < 4.78 is 59.7. The average molecular weight is 821 g/mol. The Bertz CT molecular complexity index is 1950. The van der Waals surface area contributed by atoms with Crippen LogP contribution in [0.3, 0.4) is 0 Å². The molecule has 0 amide bonds. The minimum atomic E-state index is -1.27. The summed E-state index contributed by atoms with van der Waals surface area (Å²) in [5, 5.41) is 12.3. The summed E-state index contributed by atoms with van der Waals surface area (Å²) >= 11 is 1.54. The summed E-state index contributed by atoms with van der Waals surface area (Å²) in [6.45, 7) is 1.62. The summed E-state index contributed by atoms with van der Waals surface area (Å²) in [5.74, 6) is 0. The van der Waals surface area contributed by atoms with E-state index in [2.05, 4.69) is 0 Å². The van der Waals surface area contributed by atoms with Crippen molar-refractivity contribution in [1.29, 1.82) is 0 Å². The van der Waals surface area contributed by atoms with E-state index in [-0.39, 0.29) is 19.8 Å². The molecule has 3 aliphatic heterocycles. The van der Waals surface area contributed by atoms with E-state index in [9.17, 15) is 5.11 Å². The van der Waals surface area contributed by atoms with E-state index in [1.807, 2.05) is 158 Å². The van der Waals surface area contributed by atoms with Crippen molar-refractivity contribution in [2.45, 2.75) is 93.3 Å². The van der Waals surface area contributed by atoms with Crippen LogP contribution in [0.15, 0.2) is 152 Å². The van der Waals surface area contributed by atoms with Gasteiger partial charge in [-0.3, -0.25) is 0 Å². The van der Waals surface area contributed by atoms with Crippen LogP contribution in [0.1, 0.15) is 34.1 Å². The van der Waals surface area contributed by atoms with E-state index in [0.29, 0.717) is 19.8 Å². The summed E-state index contributed by atoms with van der Waals surface area (Å²) in [7, 11) is 0. The van der Waals surface area contributed by atoms with Crippen molar-refractivity contribution in [2.24, 2.45) is 0 Å². The lowest BCUT2D eigenvalue weighted by Gasteiger charge is -2.50. The number of hydrogen-bond donors (Lipinski definition) is 1. The Balaban J connectivity index is 1.09. The van der Waals surface area contributed by atoms with Gasteiger partial charge in [0.25, 0.3) is 0 Å². The van der Waals surface area contributed by atoms with Crippen molar-refractivity contribution in [3.05, 3.63) is 179 Å². The molecule has 0 unspecified atom stereocenters. The Kier molecular flexibility index (Phi) is 14.9. The highest BCUT2D eigenvalue weighted by Gasteiger charge is 2.54. The smallest absolute Gasteiger partial charge is 0.187 e. The molecular formula is C48H52O10S. The van der Waals surface area contributed by atoms with E-state index in [1.165, 1.54) is 0 Å². The second-order valence-electron chi connectivity index (χ2n) is 14.9. The Morgan fingerprint density at radius 3 is 1.59 bits per heavy atom. The van der Waals surface area contributed by atoms with Gasteiger partial charge in [0.15, 0.2) is 12.6 Å². The molecule has 0 saturated carbocycles. The van der Waals surface area contributed by atoms with Crippen LogP contribution in [0.5, 0.6) is 0 Å². The molecule has 5 aromatic carbocycles. The second kappa shape index (κ2) is 21.0. The van der Waals surface area contributed by atoms with Gasteiger partial charge in [-0.15, -0.1) is 11.8 Å². The molecule has 3 aliphatic rings. The summed E-state index contributed by atoms with van der Waals surface area (Å²) in [6.07, 6.45) is -5.91. The monoisotopic (exact) mass is 820 g/mol. The number of hydrogen-bond acceptors (Lipinski definition) is 11. The maximum Gasteiger partial charge on any atom is 0.187 e. The lowest BCUT2D eigenvalue weighted by molar-refractivity contribution is -0.384.